The number of ether oxygens (including phenoxy) is 1. The first-order chi connectivity index (χ1) is 15.1. The van der Waals surface area contributed by atoms with E-state index in [1.165, 1.54) is 4.90 Å². The van der Waals surface area contributed by atoms with E-state index in [1.54, 1.807) is 67.3 Å². The lowest BCUT2D eigenvalue weighted by atomic mass is 9.96. The maximum atomic E-state index is 13.0. The Morgan fingerprint density at radius 1 is 1.06 bits per heavy atom. The molecule has 1 atom stereocenters. The minimum atomic E-state index is -0.751. The number of rotatable bonds is 6. The van der Waals surface area contributed by atoms with Gasteiger partial charge in [0.05, 0.1) is 18.2 Å². The van der Waals surface area contributed by atoms with Crippen LogP contribution in [0.25, 0.3) is 5.76 Å². The second kappa shape index (κ2) is 8.79. The van der Waals surface area contributed by atoms with Crippen molar-refractivity contribution in [2.45, 2.75) is 19.5 Å². The van der Waals surface area contributed by atoms with Crippen LogP contribution in [-0.2, 0) is 16.1 Å². The molecule has 2 aromatic heterocycles. The number of carbonyl (C=O) groups is 2. The molecule has 1 aliphatic heterocycles. The zero-order valence-electron chi connectivity index (χ0n) is 16.9. The third kappa shape index (κ3) is 4.02. The van der Waals surface area contributed by atoms with E-state index in [2.05, 4.69) is 9.97 Å². The molecule has 1 N–H and O–H groups in total. The van der Waals surface area contributed by atoms with Gasteiger partial charge in [-0.1, -0.05) is 18.2 Å². The number of aliphatic hydroxyl groups excluding tert-OH is 1. The van der Waals surface area contributed by atoms with Crippen LogP contribution in [-0.4, -0.2) is 38.3 Å². The molecule has 0 spiro atoms. The summed E-state index contributed by atoms with van der Waals surface area (Å²) >= 11 is 0. The van der Waals surface area contributed by atoms with E-state index >= 15 is 0 Å². The highest BCUT2D eigenvalue weighted by Crippen LogP contribution is 2.40. The fourth-order valence-electron chi connectivity index (χ4n) is 3.68. The van der Waals surface area contributed by atoms with Gasteiger partial charge in [0.2, 0.25) is 0 Å². The lowest BCUT2D eigenvalue weighted by Crippen LogP contribution is -2.29. The average Bonchev–Trinajstić information content (AvgIpc) is 3.05. The SMILES string of the molecule is CCOc1cccc(C(O)=C2C(=O)C(=O)N(Cc3cccnc3)[C@H]2c2ccncc2)c1. The molecular weight excluding hydrogens is 394 g/mol. The number of pyridine rings is 2. The molecule has 1 saturated heterocycles. The maximum Gasteiger partial charge on any atom is 0.295 e. The number of benzene rings is 1. The predicted octanol–water partition coefficient (Wildman–Crippen LogP) is 3.50. The molecule has 4 rings (SSSR count). The molecular formula is C24H21N3O4. The van der Waals surface area contributed by atoms with E-state index in [9.17, 15) is 14.7 Å². The number of aliphatic hydroxyl groups is 1. The summed E-state index contributed by atoms with van der Waals surface area (Å²) in [6.07, 6.45) is 6.47. The van der Waals surface area contributed by atoms with Gasteiger partial charge >= 0.3 is 0 Å². The molecule has 1 aromatic carbocycles. The van der Waals surface area contributed by atoms with E-state index in [0.29, 0.717) is 23.5 Å². The summed E-state index contributed by atoms with van der Waals surface area (Å²) in [5, 5.41) is 11.1. The van der Waals surface area contributed by atoms with Crippen molar-refractivity contribution in [3.63, 3.8) is 0 Å². The van der Waals surface area contributed by atoms with Crippen LogP contribution in [0.15, 0.2) is 78.9 Å². The molecule has 0 bridgehead atoms. The Hall–Kier alpha value is -4.00. The summed E-state index contributed by atoms with van der Waals surface area (Å²) in [7, 11) is 0. The number of Topliss-reactive ketones (excluding diaryl/α,β-unsaturated/α-hetero) is 1. The number of hydrogen-bond donors (Lipinski definition) is 1. The minimum absolute atomic E-state index is 0.0359. The van der Waals surface area contributed by atoms with Crippen LogP contribution in [0.1, 0.15) is 29.7 Å². The van der Waals surface area contributed by atoms with Gasteiger partial charge < -0.3 is 14.7 Å². The number of amides is 1. The number of aromatic nitrogens is 2. The van der Waals surface area contributed by atoms with E-state index in [0.717, 1.165) is 5.56 Å². The molecule has 31 heavy (non-hydrogen) atoms. The largest absolute Gasteiger partial charge is 0.507 e. The van der Waals surface area contributed by atoms with Crippen molar-refractivity contribution >= 4 is 17.4 Å². The Kier molecular flexibility index (Phi) is 5.75. The zero-order valence-corrected chi connectivity index (χ0v) is 16.9. The van der Waals surface area contributed by atoms with Crippen molar-refractivity contribution in [1.29, 1.82) is 0 Å². The van der Waals surface area contributed by atoms with E-state index < -0.39 is 17.7 Å². The first-order valence-corrected chi connectivity index (χ1v) is 9.90. The van der Waals surface area contributed by atoms with Crippen LogP contribution in [0.2, 0.25) is 0 Å². The molecule has 156 valence electrons. The van der Waals surface area contributed by atoms with Gasteiger partial charge in [-0.15, -0.1) is 0 Å². The smallest absolute Gasteiger partial charge is 0.295 e. The fraction of sp³-hybridized carbons (Fsp3) is 0.167. The van der Waals surface area contributed by atoms with Gasteiger partial charge in [-0.05, 0) is 48.4 Å². The number of likely N-dealkylation sites (tertiary alicyclic amines) is 1. The van der Waals surface area contributed by atoms with E-state index in [-0.39, 0.29) is 17.9 Å². The van der Waals surface area contributed by atoms with Crippen LogP contribution in [0, 0.1) is 0 Å². The van der Waals surface area contributed by atoms with Gasteiger partial charge in [0.1, 0.15) is 11.5 Å². The van der Waals surface area contributed by atoms with Gasteiger partial charge in [0.15, 0.2) is 0 Å². The minimum Gasteiger partial charge on any atom is -0.507 e. The van der Waals surface area contributed by atoms with Crippen molar-refractivity contribution in [1.82, 2.24) is 14.9 Å². The first-order valence-electron chi connectivity index (χ1n) is 9.90. The number of nitrogens with zero attached hydrogens (tertiary/aromatic N) is 3. The molecule has 1 fully saturated rings. The molecule has 1 amide bonds. The Morgan fingerprint density at radius 3 is 2.58 bits per heavy atom. The zero-order chi connectivity index (χ0) is 21.8. The second-order valence-electron chi connectivity index (χ2n) is 7.03. The summed E-state index contributed by atoms with van der Waals surface area (Å²) in [6.45, 7) is 2.51. The molecule has 3 aromatic rings. The fourth-order valence-corrected chi connectivity index (χ4v) is 3.68. The van der Waals surface area contributed by atoms with E-state index in [4.69, 9.17) is 4.74 Å². The van der Waals surface area contributed by atoms with Crippen molar-refractivity contribution in [2.24, 2.45) is 0 Å². The van der Waals surface area contributed by atoms with Crippen molar-refractivity contribution in [3.05, 3.63) is 95.6 Å². The summed E-state index contributed by atoms with van der Waals surface area (Å²) in [6, 6.07) is 13.1. The average molecular weight is 415 g/mol. The lowest BCUT2D eigenvalue weighted by molar-refractivity contribution is -0.140. The Labute approximate surface area is 179 Å². The third-order valence-electron chi connectivity index (χ3n) is 5.06. The van der Waals surface area contributed by atoms with Gasteiger partial charge in [-0.25, -0.2) is 0 Å². The quantitative estimate of drug-likeness (QED) is 0.376. The standard InChI is InChI=1S/C24H21N3O4/c1-2-31-19-7-3-6-18(13-19)22(28)20-21(17-8-11-25-12-9-17)27(24(30)23(20)29)15-16-5-4-10-26-14-16/h3-14,21,28H,2,15H2,1H3/t21-/m0/s1. The lowest BCUT2D eigenvalue weighted by Gasteiger charge is -2.25. The van der Waals surface area contributed by atoms with E-state index in [1.807, 2.05) is 13.0 Å². The van der Waals surface area contributed by atoms with Gasteiger partial charge in [-0.3, -0.25) is 19.6 Å². The monoisotopic (exact) mass is 415 g/mol. The topological polar surface area (TPSA) is 92.6 Å². The van der Waals surface area contributed by atoms with Crippen LogP contribution in [0.5, 0.6) is 5.75 Å². The Morgan fingerprint density at radius 2 is 1.87 bits per heavy atom. The van der Waals surface area contributed by atoms with Crippen LogP contribution >= 0.6 is 0 Å². The highest BCUT2D eigenvalue weighted by molar-refractivity contribution is 6.46. The summed E-state index contributed by atoms with van der Waals surface area (Å²) in [4.78, 5) is 35.6. The summed E-state index contributed by atoms with van der Waals surface area (Å²) in [5.41, 5.74) is 1.90. The highest BCUT2D eigenvalue weighted by atomic mass is 16.5. The van der Waals surface area contributed by atoms with Crippen molar-refractivity contribution in [2.75, 3.05) is 6.61 Å². The Balaban J connectivity index is 1.83. The number of hydrogen-bond acceptors (Lipinski definition) is 6. The molecule has 0 unspecified atom stereocenters. The third-order valence-corrected chi connectivity index (χ3v) is 5.06. The van der Waals surface area contributed by atoms with Crippen molar-refractivity contribution in [3.8, 4) is 5.75 Å². The predicted molar refractivity (Wildman–Crippen MR) is 114 cm³/mol. The first kappa shape index (κ1) is 20.3. The molecule has 0 saturated carbocycles. The highest BCUT2D eigenvalue weighted by Gasteiger charge is 2.46. The molecule has 1 aliphatic rings. The summed E-state index contributed by atoms with van der Waals surface area (Å²) in [5.74, 6) is -1.08. The van der Waals surface area contributed by atoms with Gasteiger partial charge in [0, 0.05) is 36.9 Å². The van der Waals surface area contributed by atoms with Gasteiger partial charge in [0.25, 0.3) is 11.7 Å². The molecule has 7 heteroatoms. The number of ketones is 1. The van der Waals surface area contributed by atoms with Crippen LogP contribution < -0.4 is 4.74 Å². The van der Waals surface area contributed by atoms with Crippen LogP contribution in [0.3, 0.4) is 0 Å². The molecule has 0 radical (unpaired) electrons. The van der Waals surface area contributed by atoms with Crippen molar-refractivity contribution < 1.29 is 19.4 Å². The molecule has 7 nitrogen and oxygen atoms in total. The Bertz CT molecular complexity index is 1130. The molecule has 0 aliphatic carbocycles. The number of carbonyl (C=O) groups excluding carboxylic acids is 2. The normalized spacial score (nSPS) is 17.7. The van der Waals surface area contributed by atoms with Crippen LogP contribution in [0.4, 0.5) is 0 Å². The molecule has 3 heterocycles. The van der Waals surface area contributed by atoms with Gasteiger partial charge in [-0.2, -0.15) is 0 Å². The maximum absolute atomic E-state index is 13.0. The second-order valence-corrected chi connectivity index (χ2v) is 7.03. The summed E-state index contributed by atoms with van der Waals surface area (Å²) < 4.78 is 5.51.